The Labute approximate surface area is 167 Å². The van der Waals surface area contributed by atoms with Crippen LogP contribution in [0.4, 0.5) is 37.7 Å². The van der Waals surface area contributed by atoms with Crippen LogP contribution in [0.15, 0.2) is 72.8 Å². The van der Waals surface area contributed by atoms with E-state index in [1.807, 2.05) is 0 Å². The Balaban J connectivity index is 1.89. The fourth-order valence-electron chi connectivity index (χ4n) is 2.48. The van der Waals surface area contributed by atoms with Gasteiger partial charge in [0.15, 0.2) is 23.0 Å². The first-order valence-corrected chi connectivity index (χ1v) is 8.43. The van der Waals surface area contributed by atoms with Gasteiger partial charge in [-0.2, -0.15) is 26.3 Å². The van der Waals surface area contributed by atoms with Crippen LogP contribution in [-0.4, -0.2) is 12.6 Å². The molecule has 3 rings (SSSR count). The van der Waals surface area contributed by atoms with Gasteiger partial charge >= 0.3 is 12.6 Å². The maximum absolute atomic E-state index is 12.7. The zero-order valence-electron chi connectivity index (χ0n) is 15.0. The van der Waals surface area contributed by atoms with Gasteiger partial charge in [-0.1, -0.05) is 36.4 Å². The number of anilines is 2. The second-order valence-electron chi connectivity index (χ2n) is 5.89. The lowest BCUT2D eigenvalue weighted by molar-refractivity contribution is -0.101. The van der Waals surface area contributed by atoms with E-state index < -0.39 is 12.6 Å². The molecule has 3 aromatic rings. The molecule has 0 aliphatic heterocycles. The molecule has 0 heterocycles. The van der Waals surface area contributed by atoms with Gasteiger partial charge in [-0.15, -0.1) is 0 Å². The Kier molecular flexibility index (Phi) is 5.95. The van der Waals surface area contributed by atoms with E-state index >= 15 is 0 Å². The average Bonchev–Trinajstić information content (AvgIpc) is 2.64. The number of nitrogens with one attached hydrogen (secondary N) is 2. The molecule has 0 amide bonds. The molecule has 0 saturated heterocycles. The lowest BCUT2D eigenvalue weighted by Gasteiger charge is -2.18. The van der Waals surface area contributed by atoms with E-state index in [0.717, 1.165) is 0 Å². The molecule has 3 aromatic carbocycles. The van der Waals surface area contributed by atoms with Gasteiger partial charge in [-0.3, -0.25) is 10.6 Å². The third-order valence-corrected chi connectivity index (χ3v) is 3.62. The predicted octanol–water partition coefficient (Wildman–Crippen LogP) is 7.13. The molecule has 10 heteroatoms. The van der Waals surface area contributed by atoms with Crippen LogP contribution in [0.2, 0.25) is 0 Å². The van der Waals surface area contributed by atoms with Crippen molar-refractivity contribution >= 4 is 11.4 Å². The molecule has 2 N–H and O–H groups in total. The summed E-state index contributed by atoms with van der Waals surface area (Å²) < 4.78 is 87.4. The van der Waals surface area contributed by atoms with Crippen molar-refractivity contribution in [1.82, 2.24) is 0 Å². The summed E-state index contributed by atoms with van der Waals surface area (Å²) in [6.07, 6.45) is -9.37. The van der Waals surface area contributed by atoms with Crippen LogP contribution in [0.5, 0.6) is 23.0 Å². The monoisotopic (exact) mass is 428 g/mol. The molecule has 0 bridgehead atoms. The molecule has 0 atom stereocenters. The standard InChI is InChI=1S/C20H14F6N2O2/c21-19(22,23)27-13-7-1-3-9-15(13)29-17-11-5-6-12-18(17)30-16-10-4-2-8-14(16)28-20(24,25)26/h1-12,27-28H. The third-order valence-electron chi connectivity index (χ3n) is 3.62. The van der Waals surface area contributed by atoms with E-state index in [2.05, 4.69) is 0 Å². The van der Waals surface area contributed by atoms with Crippen molar-refractivity contribution in [3.05, 3.63) is 72.8 Å². The number of benzene rings is 3. The fourth-order valence-corrected chi connectivity index (χ4v) is 2.48. The molecule has 30 heavy (non-hydrogen) atoms. The normalized spacial score (nSPS) is 11.7. The van der Waals surface area contributed by atoms with Crippen LogP contribution in [-0.2, 0) is 0 Å². The van der Waals surface area contributed by atoms with Crippen LogP contribution in [0.25, 0.3) is 0 Å². The van der Waals surface area contributed by atoms with Crippen LogP contribution in [0.1, 0.15) is 0 Å². The van der Waals surface area contributed by atoms with Gasteiger partial charge in [0.05, 0.1) is 11.4 Å². The summed E-state index contributed by atoms with van der Waals surface area (Å²) in [5.74, 6) is -0.272. The van der Waals surface area contributed by atoms with Crippen molar-refractivity contribution in [2.75, 3.05) is 10.6 Å². The van der Waals surface area contributed by atoms with Crippen molar-refractivity contribution in [3.8, 4) is 23.0 Å². The molecule has 0 saturated carbocycles. The number of para-hydroxylation sites is 6. The smallest absolute Gasteiger partial charge is 0.451 e. The Morgan fingerprint density at radius 3 is 1.10 bits per heavy atom. The van der Waals surface area contributed by atoms with Gasteiger partial charge in [0.1, 0.15) is 0 Å². The zero-order valence-corrected chi connectivity index (χ0v) is 15.0. The molecule has 0 aliphatic rings. The molecular formula is C20H14F6N2O2. The van der Waals surface area contributed by atoms with Gasteiger partial charge in [0, 0.05) is 0 Å². The molecule has 0 fully saturated rings. The highest BCUT2D eigenvalue weighted by atomic mass is 19.4. The van der Waals surface area contributed by atoms with E-state index in [0.29, 0.717) is 0 Å². The van der Waals surface area contributed by atoms with Crippen molar-refractivity contribution in [3.63, 3.8) is 0 Å². The summed E-state index contributed by atoms with van der Waals surface area (Å²) in [6.45, 7) is 0. The Bertz CT molecular complexity index is 924. The van der Waals surface area contributed by atoms with Crippen LogP contribution < -0.4 is 20.1 Å². The maximum atomic E-state index is 12.7. The molecule has 158 valence electrons. The number of alkyl halides is 6. The van der Waals surface area contributed by atoms with Gasteiger partial charge in [-0.25, -0.2) is 0 Å². The van der Waals surface area contributed by atoms with Crippen LogP contribution >= 0.6 is 0 Å². The second-order valence-corrected chi connectivity index (χ2v) is 5.89. The van der Waals surface area contributed by atoms with Crippen molar-refractivity contribution in [2.24, 2.45) is 0 Å². The van der Waals surface area contributed by atoms with Crippen LogP contribution in [0.3, 0.4) is 0 Å². The molecule has 0 aromatic heterocycles. The Morgan fingerprint density at radius 1 is 0.467 bits per heavy atom. The van der Waals surface area contributed by atoms with Crippen LogP contribution in [0, 0.1) is 0 Å². The van der Waals surface area contributed by atoms with E-state index in [1.165, 1.54) is 71.3 Å². The van der Waals surface area contributed by atoms with Crippen molar-refractivity contribution in [2.45, 2.75) is 12.6 Å². The third kappa shape index (κ3) is 5.97. The largest absolute Gasteiger partial charge is 0.482 e. The highest BCUT2D eigenvalue weighted by Gasteiger charge is 2.29. The van der Waals surface area contributed by atoms with E-state index in [9.17, 15) is 26.3 Å². The summed E-state index contributed by atoms with van der Waals surface area (Å²) >= 11 is 0. The summed E-state index contributed by atoms with van der Waals surface area (Å²) in [5.41, 5.74) is -0.669. The Hall–Kier alpha value is -3.56. The average molecular weight is 428 g/mol. The SMILES string of the molecule is FC(F)(F)Nc1ccccc1Oc1ccccc1Oc1ccccc1NC(F)(F)F. The van der Waals surface area contributed by atoms with Gasteiger partial charge in [-0.05, 0) is 36.4 Å². The van der Waals surface area contributed by atoms with Gasteiger partial charge in [0.25, 0.3) is 0 Å². The number of ether oxygens (including phenoxy) is 2. The topological polar surface area (TPSA) is 42.5 Å². The number of halogens is 6. The Morgan fingerprint density at radius 2 is 0.767 bits per heavy atom. The molecule has 0 aliphatic carbocycles. The molecule has 0 spiro atoms. The predicted molar refractivity (Wildman–Crippen MR) is 98.8 cm³/mol. The maximum Gasteiger partial charge on any atom is 0.482 e. The number of hydrogen-bond donors (Lipinski definition) is 2. The second kappa shape index (κ2) is 8.44. The summed E-state index contributed by atoms with van der Waals surface area (Å²) in [6, 6.07) is 16.6. The zero-order chi connectivity index (χ0) is 21.8. The quantitative estimate of drug-likeness (QED) is 0.324. The highest BCUT2D eigenvalue weighted by Crippen LogP contribution is 2.40. The summed E-state index contributed by atoms with van der Waals surface area (Å²) in [5, 5.41) is 2.75. The molecule has 0 radical (unpaired) electrons. The summed E-state index contributed by atoms with van der Waals surface area (Å²) in [4.78, 5) is 0. The first-order valence-electron chi connectivity index (χ1n) is 8.43. The van der Waals surface area contributed by atoms with Gasteiger partial charge < -0.3 is 9.47 Å². The number of hydrogen-bond acceptors (Lipinski definition) is 4. The lowest BCUT2D eigenvalue weighted by Crippen LogP contribution is -2.21. The van der Waals surface area contributed by atoms with Crippen molar-refractivity contribution < 1.29 is 35.8 Å². The first-order chi connectivity index (χ1) is 14.1. The van der Waals surface area contributed by atoms with Gasteiger partial charge in [0.2, 0.25) is 0 Å². The van der Waals surface area contributed by atoms with E-state index in [-0.39, 0.29) is 34.4 Å². The van der Waals surface area contributed by atoms with Crippen molar-refractivity contribution in [1.29, 1.82) is 0 Å². The molecule has 0 unspecified atom stereocenters. The number of rotatable bonds is 6. The molecular weight excluding hydrogens is 414 g/mol. The highest BCUT2D eigenvalue weighted by molar-refractivity contribution is 5.61. The minimum absolute atomic E-state index is 0.00994. The molecule has 4 nitrogen and oxygen atoms in total. The minimum atomic E-state index is -4.68. The van der Waals surface area contributed by atoms with E-state index in [1.54, 1.807) is 12.1 Å². The minimum Gasteiger partial charge on any atom is -0.451 e. The summed E-state index contributed by atoms with van der Waals surface area (Å²) in [7, 11) is 0. The first kappa shape index (κ1) is 21.2. The fraction of sp³-hybridized carbons (Fsp3) is 0.100. The van der Waals surface area contributed by atoms with E-state index in [4.69, 9.17) is 9.47 Å². The lowest BCUT2D eigenvalue weighted by atomic mass is 10.2.